The second-order valence-electron chi connectivity index (χ2n) is 7.45. The third kappa shape index (κ3) is 3.89. The van der Waals surface area contributed by atoms with E-state index in [-0.39, 0.29) is 22.9 Å². The van der Waals surface area contributed by atoms with Gasteiger partial charge in [-0.05, 0) is 47.9 Å². The predicted octanol–water partition coefficient (Wildman–Crippen LogP) is 5.13. The molecule has 1 unspecified atom stereocenters. The number of furan rings is 1. The topological polar surface area (TPSA) is 80.0 Å². The van der Waals surface area contributed by atoms with Gasteiger partial charge < -0.3 is 19.2 Å². The van der Waals surface area contributed by atoms with Crippen LogP contribution in [0.3, 0.4) is 0 Å². The van der Waals surface area contributed by atoms with Gasteiger partial charge in [0, 0.05) is 5.56 Å². The molecule has 1 aliphatic heterocycles. The van der Waals surface area contributed by atoms with Gasteiger partial charge >= 0.3 is 0 Å². The zero-order valence-electron chi connectivity index (χ0n) is 17.7. The summed E-state index contributed by atoms with van der Waals surface area (Å²) in [6.45, 7) is 2.14. The summed E-state index contributed by atoms with van der Waals surface area (Å²) in [6, 6.07) is 15.0. The maximum Gasteiger partial charge on any atom is 0.296 e. The summed E-state index contributed by atoms with van der Waals surface area (Å²) in [5, 5.41) is 11.4. The van der Waals surface area contributed by atoms with Crippen LogP contribution in [-0.4, -0.2) is 28.8 Å². The van der Waals surface area contributed by atoms with Gasteiger partial charge in [0.15, 0.2) is 0 Å². The largest absolute Gasteiger partial charge is 0.507 e. The summed E-state index contributed by atoms with van der Waals surface area (Å²) >= 11 is 6.22. The van der Waals surface area contributed by atoms with Crippen molar-refractivity contribution in [2.24, 2.45) is 0 Å². The van der Waals surface area contributed by atoms with Gasteiger partial charge in [-0.3, -0.25) is 9.59 Å². The minimum Gasteiger partial charge on any atom is -0.507 e. The zero-order valence-corrected chi connectivity index (χ0v) is 18.4. The highest BCUT2D eigenvalue weighted by atomic mass is 35.5. The average Bonchev–Trinajstić information content (AvgIpc) is 3.41. The summed E-state index contributed by atoms with van der Waals surface area (Å²) in [5.74, 6) is -0.778. The first-order valence-electron chi connectivity index (χ1n) is 10.2. The minimum absolute atomic E-state index is 0.00652. The highest BCUT2D eigenvalue weighted by molar-refractivity contribution is 6.46. The number of methoxy groups -OCH3 is 1. The lowest BCUT2D eigenvalue weighted by Gasteiger charge is -2.24. The highest BCUT2D eigenvalue weighted by Gasteiger charge is 2.46. The summed E-state index contributed by atoms with van der Waals surface area (Å²) in [5.41, 5.74) is 2.17. The van der Waals surface area contributed by atoms with E-state index in [0.29, 0.717) is 22.6 Å². The first-order valence-corrected chi connectivity index (χ1v) is 10.6. The molecule has 1 fully saturated rings. The van der Waals surface area contributed by atoms with Crippen LogP contribution >= 0.6 is 11.6 Å². The van der Waals surface area contributed by atoms with E-state index < -0.39 is 17.7 Å². The number of carbonyl (C=O) groups excluding carboxylic acids is 2. The second-order valence-corrected chi connectivity index (χ2v) is 7.86. The molecule has 0 bridgehead atoms. The van der Waals surface area contributed by atoms with Gasteiger partial charge in [-0.2, -0.15) is 0 Å². The van der Waals surface area contributed by atoms with Crippen molar-refractivity contribution in [1.82, 2.24) is 4.90 Å². The molecule has 0 radical (unpaired) electrons. The maximum atomic E-state index is 13.1. The fourth-order valence-electron chi connectivity index (χ4n) is 3.86. The van der Waals surface area contributed by atoms with Gasteiger partial charge in [0.25, 0.3) is 11.7 Å². The van der Waals surface area contributed by atoms with Crippen LogP contribution in [0.5, 0.6) is 5.75 Å². The van der Waals surface area contributed by atoms with E-state index in [1.165, 1.54) is 24.3 Å². The summed E-state index contributed by atoms with van der Waals surface area (Å²) in [7, 11) is 1.49. The van der Waals surface area contributed by atoms with Crippen molar-refractivity contribution in [3.63, 3.8) is 0 Å². The minimum atomic E-state index is -0.771. The Hall–Kier alpha value is -3.51. The van der Waals surface area contributed by atoms with E-state index in [0.717, 1.165) is 12.0 Å². The van der Waals surface area contributed by atoms with E-state index in [1.54, 1.807) is 24.3 Å². The van der Waals surface area contributed by atoms with Gasteiger partial charge in [0.05, 0.1) is 36.6 Å². The monoisotopic (exact) mass is 451 g/mol. The Labute approximate surface area is 190 Å². The third-order valence-electron chi connectivity index (χ3n) is 5.58. The Kier molecular flexibility index (Phi) is 6.06. The number of aliphatic hydroxyl groups excluding tert-OH is 1. The lowest BCUT2D eigenvalue weighted by atomic mass is 9.94. The van der Waals surface area contributed by atoms with Crippen molar-refractivity contribution in [2.75, 3.05) is 7.11 Å². The first-order chi connectivity index (χ1) is 15.4. The number of benzene rings is 2. The number of carbonyl (C=O) groups is 2. The Morgan fingerprint density at radius 3 is 2.50 bits per heavy atom. The molecular formula is C25H22ClNO5. The third-order valence-corrected chi connectivity index (χ3v) is 5.87. The molecule has 164 valence electrons. The molecule has 0 aliphatic carbocycles. The molecule has 1 atom stereocenters. The normalized spacial score (nSPS) is 17.7. The molecule has 2 heterocycles. The van der Waals surface area contributed by atoms with Gasteiger partial charge in [0.2, 0.25) is 0 Å². The van der Waals surface area contributed by atoms with Crippen LogP contribution in [0.2, 0.25) is 5.02 Å². The lowest BCUT2D eigenvalue weighted by Crippen LogP contribution is -2.29. The first kappa shape index (κ1) is 21.7. The molecule has 2 aromatic carbocycles. The number of rotatable bonds is 6. The van der Waals surface area contributed by atoms with Gasteiger partial charge in [-0.25, -0.2) is 0 Å². The number of nitrogens with zero attached hydrogens (tertiary/aromatic N) is 1. The van der Waals surface area contributed by atoms with Crippen LogP contribution < -0.4 is 4.74 Å². The van der Waals surface area contributed by atoms with Gasteiger partial charge in [0.1, 0.15) is 17.3 Å². The zero-order chi connectivity index (χ0) is 22.8. The molecule has 32 heavy (non-hydrogen) atoms. The number of ketones is 1. The number of amides is 1. The number of halogens is 1. The van der Waals surface area contributed by atoms with Crippen LogP contribution in [0, 0.1) is 0 Å². The van der Waals surface area contributed by atoms with E-state index in [9.17, 15) is 14.7 Å². The SMILES string of the molecule is CCc1ccc(C2/C(=C(/O)c3ccc(OC)c(Cl)c3)C(=O)C(=O)N2Cc2ccco2)cc1. The van der Waals surface area contributed by atoms with Crippen LogP contribution in [0.1, 0.15) is 35.4 Å². The summed E-state index contributed by atoms with van der Waals surface area (Å²) < 4.78 is 10.6. The number of aliphatic hydroxyl groups is 1. The van der Waals surface area contributed by atoms with Crippen LogP contribution in [-0.2, 0) is 22.6 Å². The number of aryl methyl sites for hydroxylation is 1. The molecule has 0 spiro atoms. The Morgan fingerprint density at radius 1 is 1.16 bits per heavy atom. The molecule has 3 aromatic rings. The molecule has 7 heteroatoms. The fourth-order valence-corrected chi connectivity index (χ4v) is 4.12. The predicted molar refractivity (Wildman–Crippen MR) is 120 cm³/mol. The van der Waals surface area contributed by atoms with E-state index >= 15 is 0 Å². The summed E-state index contributed by atoms with van der Waals surface area (Å²) in [4.78, 5) is 27.5. The molecule has 6 nitrogen and oxygen atoms in total. The van der Waals surface area contributed by atoms with Gasteiger partial charge in [-0.1, -0.05) is 42.8 Å². The van der Waals surface area contributed by atoms with E-state index in [4.69, 9.17) is 20.8 Å². The van der Waals surface area contributed by atoms with Crippen molar-refractivity contribution >= 4 is 29.1 Å². The van der Waals surface area contributed by atoms with E-state index in [2.05, 4.69) is 0 Å². The van der Waals surface area contributed by atoms with Crippen molar-refractivity contribution in [2.45, 2.75) is 25.9 Å². The van der Waals surface area contributed by atoms with Crippen molar-refractivity contribution < 1.29 is 23.8 Å². The Morgan fingerprint density at radius 2 is 1.91 bits per heavy atom. The quantitative estimate of drug-likeness (QED) is 0.319. The fraction of sp³-hybridized carbons (Fsp3) is 0.200. The van der Waals surface area contributed by atoms with Crippen LogP contribution in [0.15, 0.2) is 70.9 Å². The molecule has 1 aromatic heterocycles. The molecule has 4 rings (SSSR count). The number of hydrogen-bond donors (Lipinski definition) is 1. The number of Topliss-reactive ketones (excluding diaryl/α,β-unsaturated/α-hetero) is 1. The molecule has 1 saturated heterocycles. The van der Waals surface area contributed by atoms with Crippen molar-refractivity contribution in [3.05, 3.63) is 93.9 Å². The maximum absolute atomic E-state index is 13.1. The van der Waals surface area contributed by atoms with Crippen molar-refractivity contribution in [1.29, 1.82) is 0 Å². The highest BCUT2D eigenvalue weighted by Crippen LogP contribution is 2.41. The van der Waals surface area contributed by atoms with Gasteiger partial charge in [-0.15, -0.1) is 0 Å². The number of likely N-dealkylation sites (tertiary alicyclic amines) is 1. The van der Waals surface area contributed by atoms with E-state index in [1.807, 2.05) is 31.2 Å². The number of hydrogen-bond acceptors (Lipinski definition) is 5. The Bertz CT molecular complexity index is 1180. The number of ether oxygens (including phenoxy) is 1. The average molecular weight is 452 g/mol. The molecule has 1 aliphatic rings. The molecule has 1 N–H and O–H groups in total. The van der Waals surface area contributed by atoms with Crippen LogP contribution in [0.4, 0.5) is 0 Å². The van der Waals surface area contributed by atoms with Crippen molar-refractivity contribution in [3.8, 4) is 5.75 Å². The molecule has 0 saturated carbocycles. The standard InChI is InChI=1S/C25H22ClNO5/c1-3-15-6-8-16(9-7-15)22-21(23(28)17-10-11-20(31-2)19(26)13-17)24(29)25(30)27(22)14-18-5-4-12-32-18/h4-13,22,28H,3,14H2,1-2H3/b23-21-. The Balaban J connectivity index is 1.85. The molecular weight excluding hydrogens is 430 g/mol. The summed E-state index contributed by atoms with van der Waals surface area (Å²) in [6.07, 6.45) is 2.37. The molecule has 1 amide bonds. The second kappa shape index (κ2) is 8.93. The van der Waals surface area contributed by atoms with Crippen LogP contribution in [0.25, 0.3) is 5.76 Å². The smallest absolute Gasteiger partial charge is 0.296 e. The lowest BCUT2D eigenvalue weighted by molar-refractivity contribution is -0.140.